The second-order valence-electron chi connectivity index (χ2n) is 8.12. The Kier molecular flexibility index (Phi) is 5.36. The number of rotatable bonds is 5. The van der Waals surface area contributed by atoms with Gasteiger partial charge in [0.2, 0.25) is 10.0 Å². The summed E-state index contributed by atoms with van der Waals surface area (Å²) in [6.45, 7) is 1.26. The molecule has 0 saturated heterocycles. The molecular weight excluding hydrogens is 472 g/mol. The van der Waals surface area contributed by atoms with Gasteiger partial charge >= 0.3 is 12.3 Å². The highest BCUT2D eigenvalue weighted by atomic mass is 32.2. The number of nitrogens with zero attached hydrogens (tertiary/aromatic N) is 2. The predicted octanol–water partition coefficient (Wildman–Crippen LogP) is 2.54. The van der Waals surface area contributed by atoms with Crippen LogP contribution in [0.3, 0.4) is 0 Å². The van der Waals surface area contributed by atoms with Crippen molar-refractivity contribution < 1.29 is 36.2 Å². The van der Waals surface area contributed by atoms with E-state index < -0.39 is 16.3 Å². The Balaban J connectivity index is 1.18. The van der Waals surface area contributed by atoms with E-state index >= 15 is 0 Å². The number of methoxy groups -OCH3 is 1. The number of carbonyl (C=O) groups is 1. The lowest BCUT2D eigenvalue weighted by Crippen LogP contribution is -2.41. The van der Waals surface area contributed by atoms with Crippen molar-refractivity contribution in [1.29, 1.82) is 0 Å². The Bertz CT molecular complexity index is 1260. The van der Waals surface area contributed by atoms with Gasteiger partial charge in [-0.25, -0.2) is 13.2 Å². The molecule has 3 heterocycles. The monoisotopic (exact) mass is 493 g/mol. The number of benzene rings is 2. The molecule has 0 aromatic heterocycles. The summed E-state index contributed by atoms with van der Waals surface area (Å²) in [7, 11) is -2.37. The summed E-state index contributed by atoms with van der Waals surface area (Å²) in [6, 6.07) is 10.5. The van der Waals surface area contributed by atoms with Crippen LogP contribution in [0.5, 0.6) is 17.2 Å². The van der Waals surface area contributed by atoms with Gasteiger partial charge in [-0.3, -0.25) is 0 Å². The maximum atomic E-state index is 13.3. The molecule has 0 aliphatic carbocycles. The fourth-order valence-electron chi connectivity index (χ4n) is 4.13. The van der Waals surface area contributed by atoms with E-state index in [1.165, 1.54) is 10.4 Å². The molecule has 3 aliphatic rings. The van der Waals surface area contributed by atoms with Crippen LogP contribution in [0.1, 0.15) is 5.56 Å². The van der Waals surface area contributed by atoms with E-state index in [4.69, 9.17) is 4.74 Å². The maximum absolute atomic E-state index is 13.3. The molecule has 34 heavy (non-hydrogen) atoms. The third-order valence-electron chi connectivity index (χ3n) is 5.90. The summed E-state index contributed by atoms with van der Waals surface area (Å²) in [5, 5.41) is 2.87. The number of halogens is 2. The van der Waals surface area contributed by atoms with Crippen LogP contribution in [-0.4, -0.2) is 63.2 Å². The van der Waals surface area contributed by atoms with E-state index in [9.17, 15) is 22.0 Å². The van der Waals surface area contributed by atoms with Crippen LogP contribution in [0.2, 0.25) is 0 Å². The lowest BCUT2D eigenvalue weighted by molar-refractivity contribution is -0.286. The zero-order valence-corrected chi connectivity index (χ0v) is 18.9. The van der Waals surface area contributed by atoms with Gasteiger partial charge in [-0.1, -0.05) is 12.1 Å². The second-order valence-corrected chi connectivity index (χ2v) is 10.1. The van der Waals surface area contributed by atoms with Crippen molar-refractivity contribution in [3.8, 4) is 17.2 Å². The quantitative estimate of drug-likeness (QED) is 0.643. The summed E-state index contributed by atoms with van der Waals surface area (Å²) in [5.74, 6) is 0.182. The minimum Gasteiger partial charge on any atom is -0.497 e. The van der Waals surface area contributed by atoms with E-state index in [-0.39, 0.29) is 35.5 Å². The third-order valence-corrected chi connectivity index (χ3v) is 7.69. The predicted molar refractivity (Wildman–Crippen MR) is 115 cm³/mol. The molecule has 2 aromatic carbocycles. The normalized spacial score (nSPS) is 18.9. The van der Waals surface area contributed by atoms with Crippen LogP contribution in [0, 0.1) is 0 Å². The molecule has 0 fully saturated rings. The van der Waals surface area contributed by atoms with Crippen LogP contribution in [0.25, 0.3) is 0 Å². The van der Waals surface area contributed by atoms with Crippen molar-refractivity contribution in [1.82, 2.24) is 14.5 Å². The standard InChI is InChI=1S/C22H21F2N3O6S/c1-31-17-4-2-14(3-5-17)9-25-21(28)26-10-15-12-27(13-16(15)11-26)34(29,30)18-6-7-19-20(8-18)33-22(23,24)32-19/h2-8H,9-13H2,1H3,(H,25,28). The molecule has 0 unspecified atom stereocenters. The molecule has 0 saturated carbocycles. The second kappa shape index (κ2) is 8.13. The van der Waals surface area contributed by atoms with Crippen molar-refractivity contribution in [2.45, 2.75) is 17.7 Å². The maximum Gasteiger partial charge on any atom is 0.586 e. The molecule has 0 bridgehead atoms. The Hall–Kier alpha value is -3.38. The number of hydrogen-bond donors (Lipinski definition) is 1. The molecule has 5 rings (SSSR count). The number of amides is 2. The first kappa shape index (κ1) is 22.4. The number of hydrogen-bond acceptors (Lipinski definition) is 6. The molecule has 0 atom stereocenters. The van der Waals surface area contributed by atoms with Gasteiger partial charge in [-0.2, -0.15) is 4.31 Å². The van der Waals surface area contributed by atoms with E-state index in [2.05, 4.69) is 14.8 Å². The van der Waals surface area contributed by atoms with Crippen LogP contribution in [0.4, 0.5) is 13.6 Å². The van der Waals surface area contributed by atoms with Gasteiger partial charge in [0.1, 0.15) is 5.75 Å². The molecule has 180 valence electrons. The van der Waals surface area contributed by atoms with Gasteiger partial charge in [0.15, 0.2) is 11.5 Å². The SMILES string of the molecule is COc1ccc(CNC(=O)N2CC3=C(C2)CN(S(=O)(=O)c2ccc4c(c2)OC(F)(F)O4)C3)cc1. The number of sulfonamides is 1. The fraction of sp³-hybridized carbons (Fsp3) is 0.318. The zero-order valence-electron chi connectivity index (χ0n) is 18.1. The Morgan fingerprint density at radius 2 is 1.68 bits per heavy atom. The van der Waals surface area contributed by atoms with E-state index in [1.54, 1.807) is 12.0 Å². The van der Waals surface area contributed by atoms with E-state index in [1.807, 2.05) is 24.3 Å². The summed E-state index contributed by atoms with van der Waals surface area (Å²) >= 11 is 0. The number of fused-ring (bicyclic) bond motifs is 1. The van der Waals surface area contributed by atoms with Crippen LogP contribution >= 0.6 is 0 Å². The molecule has 3 aliphatic heterocycles. The summed E-state index contributed by atoms with van der Waals surface area (Å²) in [4.78, 5) is 14.0. The molecule has 1 N–H and O–H groups in total. The first-order chi connectivity index (χ1) is 16.1. The van der Waals surface area contributed by atoms with E-state index in [0.29, 0.717) is 19.6 Å². The number of carbonyl (C=O) groups excluding carboxylic acids is 1. The minimum absolute atomic E-state index is 0.129. The Labute approximate surface area is 194 Å². The van der Waals surface area contributed by atoms with Crippen molar-refractivity contribution >= 4 is 16.1 Å². The smallest absolute Gasteiger partial charge is 0.497 e. The molecule has 0 spiro atoms. The fourth-order valence-corrected chi connectivity index (χ4v) is 5.58. The molecule has 12 heteroatoms. The largest absolute Gasteiger partial charge is 0.586 e. The summed E-state index contributed by atoms with van der Waals surface area (Å²) in [5.41, 5.74) is 2.64. The molecule has 2 amide bonds. The Morgan fingerprint density at radius 3 is 2.32 bits per heavy atom. The first-order valence-corrected chi connectivity index (χ1v) is 11.8. The number of alkyl halides is 2. The average molecular weight is 493 g/mol. The summed E-state index contributed by atoms with van der Waals surface area (Å²) < 4.78 is 67.7. The van der Waals surface area contributed by atoms with Crippen molar-refractivity contribution in [2.24, 2.45) is 0 Å². The van der Waals surface area contributed by atoms with Gasteiger partial charge < -0.3 is 24.4 Å². The van der Waals surface area contributed by atoms with Gasteiger partial charge in [0, 0.05) is 38.8 Å². The lowest BCUT2D eigenvalue weighted by Gasteiger charge is -2.23. The lowest BCUT2D eigenvalue weighted by atomic mass is 10.2. The van der Waals surface area contributed by atoms with Gasteiger partial charge in [-0.05, 0) is 41.0 Å². The van der Waals surface area contributed by atoms with Crippen LogP contribution in [0.15, 0.2) is 58.5 Å². The Morgan fingerprint density at radius 1 is 1.03 bits per heavy atom. The van der Waals surface area contributed by atoms with E-state index in [0.717, 1.165) is 34.6 Å². The zero-order chi connectivity index (χ0) is 24.1. The van der Waals surface area contributed by atoms with Gasteiger partial charge in [-0.15, -0.1) is 8.78 Å². The van der Waals surface area contributed by atoms with Crippen LogP contribution < -0.4 is 19.5 Å². The molecule has 9 nitrogen and oxygen atoms in total. The molecule has 0 radical (unpaired) electrons. The number of ether oxygens (including phenoxy) is 3. The highest BCUT2D eigenvalue weighted by Crippen LogP contribution is 2.42. The average Bonchev–Trinajstić information content (AvgIpc) is 3.47. The summed E-state index contributed by atoms with van der Waals surface area (Å²) in [6.07, 6.45) is -3.82. The van der Waals surface area contributed by atoms with Gasteiger partial charge in [0.05, 0.1) is 12.0 Å². The topological polar surface area (TPSA) is 97.4 Å². The van der Waals surface area contributed by atoms with Crippen molar-refractivity contribution in [2.75, 3.05) is 33.3 Å². The highest BCUT2D eigenvalue weighted by molar-refractivity contribution is 7.89. The van der Waals surface area contributed by atoms with Gasteiger partial charge in [0.25, 0.3) is 0 Å². The number of urea groups is 1. The molecule has 2 aromatic rings. The minimum atomic E-state index is -3.95. The molecular formula is C22H21F2N3O6S. The van der Waals surface area contributed by atoms with Crippen LogP contribution in [-0.2, 0) is 16.6 Å². The third kappa shape index (κ3) is 4.14. The highest BCUT2D eigenvalue weighted by Gasteiger charge is 2.44. The number of nitrogens with one attached hydrogen (secondary N) is 1. The van der Waals surface area contributed by atoms with Crippen molar-refractivity contribution in [3.63, 3.8) is 0 Å². The van der Waals surface area contributed by atoms with Crippen molar-refractivity contribution in [3.05, 3.63) is 59.2 Å². The first-order valence-electron chi connectivity index (χ1n) is 10.4.